The van der Waals surface area contributed by atoms with Gasteiger partial charge in [-0.15, -0.1) is 0 Å². The fourth-order valence-electron chi connectivity index (χ4n) is 2.93. The normalized spacial score (nSPS) is 14.5. The minimum atomic E-state index is -3.85. The zero-order valence-electron chi connectivity index (χ0n) is 15.6. The monoisotopic (exact) mass is 418 g/mol. The van der Waals surface area contributed by atoms with Crippen molar-refractivity contribution in [3.8, 4) is 11.5 Å². The Balaban J connectivity index is 1.89. The summed E-state index contributed by atoms with van der Waals surface area (Å²) < 4.78 is 33.0. The van der Waals surface area contributed by atoms with Gasteiger partial charge in [0.15, 0.2) is 17.3 Å². The first kappa shape index (κ1) is 20.4. The summed E-state index contributed by atoms with van der Waals surface area (Å²) in [7, 11) is -0.967. The number of sulfonamides is 1. The van der Waals surface area contributed by atoms with E-state index in [1.165, 1.54) is 50.6 Å². The van der Waals surface area contributed by atoms with Crippen LogP contribution >= 0.6 is 0 Å². The summed E-state index contributed by atoms with van der Waals surface area (Å²) in [6.07, 6.45) is 0. The predicted molar refractivity (Wildman–Crippen MR) is 102 cm³/mol. The maximum absolute atomic E-state index is 12.8. The first-order valence-corrected chi connectivity index (χ1v) is 9.85. The number of primary sulfonamides is 1. The van der Waals surface area contributed by atoms with Gasteiger partial charge in [0.25, 0.3) is 11.8 Å². The summed E-state index contributed by atoms with van der Waals surface area (Å²) in [5.74, 6) is -1.45. The lowest BCUT2D eigenvalue weighted by molar-refractivity contribution is -0.138. The Morgan fingerprint density at radius 1 is 0.966 bits per heavy atom. The van der Waals surface area contributed by atoms with E-state index in [2.05, 4.69) is 0 Å². The molecule has 2 amide bonds. The first-order valence-electron chi connectivity index (χ1n) is 8.31. The molecule has 152 valence electrons. The molecule has 0 saturated carbocycles. The molecular weight excluding hydrogens is 400 g/mol. The van der Waals surface area contributed by atoms with Crippen molar-refractivity contribution in [2.75, 3.05) is 14.2 Å². The second-order valence-electron chi connectivity index (χ2n) is 6.18. The molecule has 0 atom stereocenters. The van der Waals surface area contributed by atoms with Gasteiger partial charge in [0.2, 0.25) is 10.0 Å². The number of hydrogen-bond acceptors (Lipinski definition) is 7. The minimum absolute atomic E-state index is 0.0904. The number of aliphatic hydroxyl groups is 1. The Hall–Kier alpha value is -3.37. The summed E-state index contributed by atoms with van der Waals surface area (Å²) in [6, 6.07) is 10.00. The summed E-state index contributed by atoms with van der Waals surface area (Å²) in [6.45, 7) is -0.149. The van der Waals surface area contributed by atoms with Crippen LogP contribution in [0.1, 0.15) is 11.1 Å². The molecule has 3 rings (SSSR count). The molecule has 0 radical (unpaired) electrons. The zero-order chi connectivity index (χ0) is 21.3. The number of ether oxygens (including phenoxy) is 2. The van der Waals surface area contributed by atoms with E-state index >= 15 is 0 Å². The molecule has 0 spiro atoms. The highest BCUT2D eigenvalue weighted by atomic mass is 32.2. The van der Waals surface area contributed by atoms with E-state index in [9.17, 15) is 23.1 Å². The van der Waals surface area contributed by atoms with Crippen molar-refractivity contribution in [2.45, 2.75) is 11.4 Å². The Morgan fingerprint density at radius 3 is 2.14 bits per heavy atom. The molecular formula is C19H18N2O7S. The number of amides is 2. The van der Waals surface area contributed by atoms with Crippen LogP contribution in [0.15, 0.2) is 53.1 Å². The third-order valence-corrected chi connectivity index (χ3v) is 5.34. The largest absolute Gasteiger partial charge is 0.502 e. The Morgan fingerprint density at radius 2 is 1.59 bits per heavy atom. The van der Waals surface area contributed by atoms with Crippen molar-refractivity contribution < 1.29 is 32.6 Å². The van der Waals surface area contributed by atoms with Crippen molar-refractivity contribution in [1.29, 1.82) is 0 Å². The maximum atomic E-state index is 12.8. The van der Waals surface area contributed by atoms with Crippen LogP contribution < -0.4 is 14.6 Å². The zero-order valence-corrected chi connectivity index (χ0v) is 16.4. The minimum Gasteiger partial charge on any atom is -0.502 e. The lowest BCUT2D eigenvalue weighted by Gasteiger charge is -2.15. The van der Waals surface area contributed by atoms with E-state index < -0.39 is 27.6 Å². The summed E-state index contributed by atoms with van der Waals surface area (Å²) >= 11 is 0. The lowest BCUT2D eigenvalue weighted by Crippen LogP contribution is -2.31. The number of hydrogen-bond donors (Lipinski definition) is 2. The van der Waals surface area contributed by atoms with Gasteiger partial charge in [-0.25, -0.2) is 13.6 Å². The number of nitrogens with zero attached hydrogens (tertiary/aromatic N) is 1. The highest BCUT2D eigenvalue weighted by molar-refractivity contribution is 7.89. The van der Waals surface area contributed by atoms with Gasteiger partial charge in [-0.1, -0.05) is 18.2 Å². The maximum Gasteiger partial charge on any atom is 0.296 e. The molecule has 0 fully saturated rings. The number of nitrogens with two attached hydrogens (primary N) is 1. The molecule has 29 heavy (non-hydrogen) atoms. The second-order valence-corrected chi connectivity index (χ2v) is 7.74. The van der Waals surface area contributed by atoms with E-state index in [-0.39, 0.29) is 17.0 Å². The number of imide groups is 1. The van der Waals surface area contributed by atoms with Gasteiger partial charge >= 0.3 is 0 Å². The molecule has 1 heterocycles. The summed E-state index contributed by atoms with van der Waals surface area (Å²) in [5.41, 5.74) is 0.628. The molecule has 10 heteroatoms. The molecule has 2 aromatic rings. The van der Waals surface area contributed by atoms with Crippen molar-refractivity contribution in [3.05, 3.63) is 59.4 Å². The summed E-state index contributed by atoms with van der Waals surface area (Å²) in [4.78, 5) is 26.0. The Kier molecular flexibility index (Phi) is 5.31. The highest BCUT2D eigenvalue weighted by Crippen LogP contribution is 2.35. The van der Waals surface area contributed by atoms with Crippen LogP contribution in [0.4, 0.5) is 0 Å². The van der Waals surface area contributed by atoms with Gasteiger partial charge in [-0.05, 0) is 35.4 Å². The molecule has 0 aromatic heterocycles. The average molecular weight is 418 g/mol. The van der Waals surface area contributed by atoms with Crippen LogP contribution in [-0.2, 0) is 26.2 Å². The number of carbonyl (C=O) groups is 2. The SMILES string of the molecule is COc1ccc(C2=C(O)C(=O)N(Cc3ccc(S(N)(=O)=O)cc3)C2=O)cc1OC. The number of rotatable bonds is 6. The van der Waals surface area contributed by atoms with E-state index in [1.54, 1.807) is 6.07 Å². The van der Waals surface area contributed by atoms with Crippen LogP contribution in [0.2, 0.25) is 0 Å². The van der Waals surface area contributed by atoms with Gasteiger partial charge in [0.05, 0.1) is 31.2 Å². The molecule has 0 aliphatic carbocycles. The molecule has 0 saturated heterocycles. The van der Waals surface area contributed by atoms with Gasteiger partial charge in [0, 0.05) is 0 Å². The van der Waals surface area contributed by atoms with Crippen LogP contribution in [0, 0.1) is 0 Å². The second kappa shape index (κ2) is 7.57. The standard InChI is InChI=1S/C19H18N2O7S/c1-27-14-8-5-12(9-15(14)28-2)16-17(22)19(24)21(18(16)23)10-11-3-6-13(7-4-11)29(20,25)26/h3-9,22H,10H2,1-2H3,(H2,20,25,26). The smallest absolute Gasteiger partial charge is 0.296 e. The van der Waals surface area contributed by atoms with Gasteiger partial charge < -0.3 is 14.6 Å². The average Bonchev–Trinajstić information content (AvgIpc) is 2.90. The van der Waals surface area contributed by atoms with E-state index in [0.717, 1.165) is 4.90 Å². The fraction of sp³-hybridized carbons (Fsp3) is 0.158. The molecule has 1 aliphatic heterocycles. The molecule has 1 aliphatic rings. The Labute approximate surface area is 167 Å². The van der Waals surface area contributed by atoms with Crippen molar-refractivity contribution >= 4 is 27.4 Å². The number of carbonyl (C=O) groups excluding carboxylic acids is 2. The van der Waals surface area contributed by atoms with Crippen molar-refractivity contribution in [1.82, 2.24) is 4.90 Å². The predicted octanol–water partition coefficient (Wildman–Crippen LogP) is 1.19. The van der Waals surface area contributed by atoms with Gasteiger partial charge in [0.1, 0.15) is 0 Å². The third-order valence-electron chi connectivity index (χ3n) is 4.41. The third kappa shape index (κ3) is 3.80. The van der Waals surface area contributed by atoms with Crippen LogP contribution in [0.25, 0.3) is 5.57 Å². The van der Waals surface area contributed by atoms with E-state index in [0.29, 0.717) is 22.6 Å². The topological polar surface area (TPSA) is 136 Å². The van der Waals surface area contributed by atoms with Crippen LogP contribution in [0.5, 0.6) is 11.5 Å². The van der Waals surface area contributed by atoms with Gasteiger partial charge in [-0.2, -0.15) is 0 Å². The number of aliphatic hydroxyl groups excluding tert-OH is 1. The van der Waals surface area contributed by atoms with E-state index in [4.69, 9.17) is 14.6 Å². The van der Waals surface area contributed by atoms with Crippen molar-refractivity contribution in [3.63, 3.8) is 0 Å². The molecule has 0 bridgehead atoms. The fourth-order valence-corrected chi connectivity index (χ4v) is 3.44. The molecule has 2 aromatic carbocycles. The van der Waals surface area contributed by atoms with E-state index in [1.807, 2.05) is 0 Å². The summed E-state index contributed by atoms with van der Waals surface area (Å²) in [5, 5.41) is 15.3. The quantitative estimate of drug-likeness (QED) is 0.673. The lowest BCUT2D eigenvalue weighted by atomic mass is 10.0. The highest BCUT2D eigenvalue weighted by Gasteiger charge is 2.39. The Bertz CT molecular complexity index is 1120. The first-order chi connectivity index (χ1) is 13.7. The molecule has 0 unspecified atom stereocenters. The molecule has 3 N–H and O–H groups in total. The van der Waals surface area contributed by atoms with Crippen LogP contribution in [0.3, 0.4) is 0 Å². The van der Waals surface area contributed by atoms with Gasteiger partial charge in [-0.3, -0.25) is 14.5 Å². The number of benzene rings is 2. The van der Waals surface area contributed by atoms with Crippen LogP contribution in [-0.4, -0.2) is 44.5 Å². The van der Waals surface area contributed by atoms with Crippen molar-refractivity contribution in [2.24, 2.45) is 5.14 Å². The molecule has 9 nitrogen and oxygen atoms in total. The number of methoxy groups -OCH3 is 2.